The van der Waals surface area contributed by atoms with Gasteiger partial charge in [-0.15, -0.1) is 0 Å². The number of likely N-dealkylation sites (N-methyl/N-ethyl adjacent to an activating group) is 1. The second-order valence-electron chi connectivity index (χ2n) is 7.89. The number of nitriles is 1. The summed E-state index contributed by atoms with van der Waals surface area (Å²) in [7, 11) is 3.30. The zero-order chi connectivity index (χ0) is 23.5. The molecular formula is C26H25N5O2. The molecule has 2 aromatic heterocycles. The minimum absolute atomic E-state index is 0.0728. The number of H-pyrrole nitrogens is 1. The molecule has 2 aromatic carbocycles. The van der Waals surface area contributed by atoms with E-state index in [9.17, 15) is 10.1 Å². The van der Waals surface area contributed by atoms with E-state index in [2.05, 4.69) is 20.6 Å². The van der Waals surface area contributed by atoms with Crippen molar-refractivity contribution in [3.8, 4) is 17.5 Å². The maximum atomic E-state index is 13.0. The molecule has 1 N–H and O–H groups in total. The first kappa shape index (κ1) is 21.9. The van der Waals surface area contributed by atoms with Crippen molar-refractivity contribution in [3.63, 3.8) is 0 Å². The van der Waals surface area contributed by atoms with Gasteiger partial charge in [0.2, 0.25) is 0 Å². The lowest BCUT2D eigenvalue weighted by molar-refractivity contribution is -0.126. The van der Waals surface area contributed by atoms with Crippen LogP contribution in [0.25, 0.3) is 22.8 Å². The Kier molecular flexibility index (Phi) is 6.01. The minimum Gasteiger partial charge on any atom is -0.497 e. The number of aryl methyl sites for hydroxylation is 1. The van der Waals surface area contributed by atoms with E-state index in [1.165, 1.54) is 4.90 Å². The molecule has 2 heterocycles. The third kappa shape index (κ3) is 4.37. The molecule has 4 rings (SSSR count). The number of nitrogens with zero attached hydrogens (tertiary/aromatic N) is 4. The summed E-state index contributed by atoms with van der Waals surface area (Å²) in [5.74, 6) is 1.10. The molecule has 0 fully saturated rings. The van der Waals surface area contributed by atoms with Crippen LogP contribution < -0.4 is 4.74 Å². The van der Waals surface area contributed by atoms with E-state index >= 15 is 0 Å². The summed E-state index contributed by atoms with van der Waals surface area (Å²) in [4.78, 5) is 22.2. The van der Waals surface area contributed by atoms with Gasteiger partial charge in [-0.1, -0.05) is 12.1 Å². The molecule has 0 saturated carbocycles. The molecule has 1 amide bonds. The number of nitrogens with one attached hydrogen (secondary N) is 1. The predicted octanol–water partition coefficient (Wildman–Crippen LogP) is 4.54. The lowest BCUT2D eigenvalue weighted by Gasteiger charge is -2.15. The van der Waals surface area contributed by atoms with Gasteiger partial charge in [0.1, 0.15) is 23.2 Å². The van der Waals surface area contributed by atoms with Crippen molar-refractivity contribution in [2.75, 3.05) is 14.2 Å². The Morgan fingerprint density at radius 2 is 1.94 bits per heavy atom. The first-order chi connectivity index (χ1) is 15.9. The Hall–Kier alpha value is -4.31. The average molecular weight is 440 g/mol. The topological polar surface area (TPSA) is 86.9 Å². The monoisotopic (exact) mass is 439 g/mol. The Morgan fingerprint density at radius 3 is 2.61 bits per heavy atom. The number of rotatable bonds is 6. The van der Waals surface area contributed by atoms with Gasteiger partial charge in [-0.05, 0) is 68.0 Å². The van der Waals surface area contributed by atoms with Crippen LogP contribution in [0.15, 0.2) is 60.2 Å². The molecule has 33 heavy (non-hydrogen) atoms. The zero-order valence-corrected chi connectivity index (χ0v) is 19.1. The fourth-order valence-electron chi connectivity index (χ4n) is 3.94. The minimum atomic E-state index is -0.354. The number of para-hydroxylation sites is 2. The number of aromatic amines is 1. The Labute approximate surface area is 192 Å². The molecule has 4 aromatic rings. The number of fused-ring (bicyclic) bond motifs is 1. The quantitative estimate of drug-likeness (QED) is 0.353. The number of carbonyl (C=O) groups is 1. The number of methoxy groups -OCH3 is 1. The lowest BCUT2D eigenvalue weighted by Crippen LogP contribution is -2.27. The summed E-state index contributed by atoms with van der Waals surface area (Å²) in [6, 6.07) is 19.5. The number of aromatic nitrogens is 3. The lowest BCUT2D eigenvalue weighted by atomic mass is 10.1. The molecule has 0 unspecified atom stereocenters. The summed E-state index contributed by atoms with van der Waals surface area (Å²) in [5.41, 5.74) is 5.58. The fraction of sp³-hybridized carbons (Fsp3) is 0.192. The van der Waals surface area contributed by atoms with E-state index in [1.54, 1.807) is 20.2 Å². The summed E-state index contributed by atoms with van der Waals surface area (Å²) < 4.78 is 7.33. The van der Waals surface area contributed by atoms with Crippen molar-refractivity contribution in [1.29, 1.82) is 5.26 Å². The van der Waals surface area contributed by atoms with Crippen LogP contribution in [-0.2, 0) is 11.3 Å². The highest BCUT2D eigenvalue weighted by Gasteiger charge is 2.18. The maximum Gasteiger partial charge on any atom is 0.264 e. The molecule has 0 spiro atoms. The van der Waals surface area contributed by atoms with E-state index in [-0.39, 0.29) is 18.0 Å². The van der Waals surface area contributed by atoms with Gasteiger partial charge in [-0.2, -0.15) is 5.26 Å². The van der Waals surface area contributed by atoms with Gasteiger partial charge in [0.15, 0.2) is 0 Å². The van der Waals surface area contributed by atoms with Crippen molar-refractivity contribution in [2.24, 2.45) is 0 Å². The van der Waals surface area contributed by atoms with Gasteiger partial charge in [0.25, 0.3) is 5.91 Å². The molecule has 0 aliphatic heterocycles. The van der Waals surface area contributed by atoms with Gasteiger partial charge >= 0.3 is 0 Å². The normalized spacial score (nSPS) is 11.4. The molecule has 7 heteroatoms. The summed E-state index contributed by atoms with van der Waals surface area (Å²) in [6.45, 7) is 4.24. The average Bonchev–Trinajstić information content (AvgIpc) is 3.36. The summed E-state index contributed by atoms with van der Waals surface area (Å²) >= 11 is 0. The molecule has 0 bridgehead atoms. The molecule has 0 atom stereocenters. The Morgan fingerprint density at radius 1 is 1.21 bits per heavy atom. The molecule has 0 aliphatic rings. The smallest absolute Gasteiger partial charge is 0.264 e. The predicted molar refractivity (Wildman–Crippen MR) is 128 cm³/mol. The van der Waals surface area contributed by atoms with Crippen LogP contribution in [0, 0.1) is 25.2 Å². The fourth-order valence-corrected chi connectivity index (χ4v) is 3.94. The SMILES string of the molecule is COc1ccc(-n2c(C)cc(/C=C(/C#N)C(=O)N(C)Cc3nc4ccccc4[nH]3)c2C)cc1. The number of imidazole rings is 1. The number of ether oxygens (including phenoxy) is 1. The van der Waals surface area contributed by atoms with Gasteiger partial charge < -0.3 is 19.2 Å². The highest BCUT2D eigenvalue weighted by atomic mass is 16.5. The Balaban J connectivity index is 1.58. The summed E-state index contributed by atoms with van der Waals surface area (Å²) in [5, 5.41) is 9.72. The number of benzene rings is 2. The van der Waals surface area contributed by atoms with E-state index in [0.29, 0.717) is 5.82 Å². The standard InChI is InChI=1S/C26H25N5O2/c1-17-13-19(18(2)31(17)21-9-11-22(33-4)12-10-21)14-20(15-27)26(32)30(3)16-25-28-23-7-5-6-8-24(23)29-25/h5-14H,16H2,1-4H3,(H,28,29)/b20-14-. The van der Waals surface area contributed by atoms with Gasteiger partial charge in [-0.25, -0.2) is 4.98 Å². The van der Waals surface area contributed by atoms with Gasteiger partial charge in [0.05, 0.1) is 24.7 Å². The third-order valence-electron chi connectivity index (χ3n) is 5.62. The number of carbonyl (C=O) groups excluding carboxylic acids is 1. The van der Waals surface area contributed by atoms with Crippen LogP contribution in [0.1, 0.15) is 22.8 Å². The maximum absolute atomic E-state index is 13.0. The van der Waals surface area contributed by atoms with E-state index in [4.69, 9.17) is 4.74 Å². The van der Waals surface area contributed by atoms with Crippen molar-refractivity contribution in [2.45, 2.75) is 20.4 Å². The van der Waals surface area contributed by atoms with Gasteiger partial charge in [-0.3, -0.25) is 4.79 Å². The van der Waals surface area contributed by atoms with E-state index < -0.39 is 0 Å². The van der Waals surface area contributed by atoms with E-state index in [0.717, 1.165) is 39.4 Å². The van der Waals surface area contributed by atoms with Crippen LogP contribution in [-0.4, -0.2) is 39.5 Å². The number of amides is 1. The van der Waals surface area contributed by atoms with Crippen LogP contribution >= 0.6 is 0 Å². The molecule has 0 aliphatic carbocycles. The van der Waals surface area contributed by atoms with Crippen molar-refractivity contribution >= 4 is 23.0 Å². The molecule has 0 saturated heterocycles. The van der Waals surface area contributed by atoms with Crippen molar-refractivity contribution < 1.29 is 9.53 Å². The van der Waals surface area contributed by atoms with Crippen molar-refractivity contribution in [3.05, 3.63) is 82.9 Å². The molecule has 7 nitrogen and oxygen atoms in total. The second kappa shape index (κ2) is 9.05. The van der Waals surface area contributed by atoms with Crippen LogP contribution in [0.5, 0.6) is 5.75 Å². The molecular weight excluding hydrogens is 414 g/mol. The largest absolute Gasteiger partial charge is 0.497 e. The number of hydrogen-bond donors (Lipinski definition) is 1. The zero-order valence-electron chi connectivity index (χ0n) is 19.1. The molecule has 166 valence electrons. The second-order valence-corrected chi connectivity index (χ2v) is 7.89. The van der Waals surface area contributed by atoms with Gasteiger partial charge in [0, 0.05) is 24.1 Å². The highest BCUT2D eigenvalue weighted by molar-refractivity contribution is 6.01. The molecule has 0 radical (unpaired) electrons. The first-order valence-corrected chi connectivity index (χ1v) is 10.6. The third-order valence-corrected chi connectivity index (χ3v) is 5.62. The van der Waals surface area contributed by atoms with Crippen LogP contribution in [0.2, 0.25) is 0 Å². The summed E-state index contributed by atoms with van der Waals surface area (Å²) in [6.07, 6.45) is 1.65. The Bertz CT molecular complexity index is 1350. The van der Waals surface area contributed by atoms with Crippen LogP contribution in [0.3, 0.4) is 0 Å². The first-order valence-electron chi connectivity index (χ1n) is 10.6. The van der Waals surface area contributed by atoms with Crippen LogP contribution in [0.4, 0.5) is 0 Å². The number of hydrogen-bond acceptors (Lipinski definition) is 4. The van der Waals surface area contributed by atoms with E-state index in [1.807, 2.05) is 68.4 Å². The highest BCUT2D eigenvalue weighted by Crippen LogP contribution is 2.24. The van der Waals surface area contributed by atoms with Crippen molar-refractivity contribution in [1.82, 2.24) is 19.4 Å².